The van der Waals surface area contributed by atoms with Crippen LogP contribution in [0.15, 0.2) is 35.3 Å². The molecule has 0 bridgehead atoms. The molecule has 0 radical (unpaired) electrons. The summed E-state index contributed by atoms with van der Waals surface area (Å²) in [5.41, 5.74) is 0.406. The number of aromatic nitrogens is 1. The summed E-state index contributed by atoms with van der Waals surface area (Å²) in [6.45, 7) is 0.179. The Kier molecular flexibility index (Phi) is 5.94. The minimum absolute atomic E-state index is 0.112. The molecule has 1 heterocycles. The Balaban J connectivity index is 2.13. The van der Waals surface area contributed by atoms with Gasteiger partial charge in [0, 0.05) is 31.4 Å². The molecule has 0 fully saturated rings. The largest absolute Gasteiger partial charge is 0.493 e. The summed E-state index contributed by atoms with van der Waals surface area (Å²) >= 11 is 0. The fourth-order valence-electron chi connectivity index (χ4n) is 2.42. The number of ether oxygens (including phenoxy) is 2. The van der Waals surface area contributed by atoms with Crippen LogP contribution in [0.5, 0.6) is 11.5 Å². The van der Waals surface area contributed by atoms with Gasteiger partial charge < -0.3 is 19.4 Å². The van der Waals surface area contributed by atoms with E-state index in [-0.39, 0.29) is 35.9 Å². The Bertz CT molecular complexity index is 891. The molecule has 26 heavy (non-hydrogen) atoms. The van der Waals surface area contributed by atoms with Gasteiger partial charge in [0.1, 0.15) is 0 Å². The molecule has 138 valence electrons. The molecule has 0 unspecified atom stereocenters. The molecule has 2 rings (SSSR count). The van der Waals surface area contributed by atoms with Crippen LogP contribution in [-0.2, 0) is 13.5 Å². The minimum atomic E-state index is -0.508. The highest BCUT2D eigenvalue weighted by Crippen LogP contribution is 2.34. The average Bonchev–Trinajstić information content (AvgIpc) is 2.63. The first-order chi connectivity index (χ1) is 12.4. The van der Waals surface area contributed by atoms with Crippen molar-refractivity contribution in [3.8, 4) is 11.5 Å². The van der Waals surface area contributed by atoms with E-state index in [2.05, 4.69) is 5.32 Å². The summed E-state index contributed by atoms with van der Waals surface area (Å²) in [7, 11) is 4.38. The van der Waals surface area contributed by atoms with Crippen LogP contribution in [0.1, 0.15) is 15.9 Å². The van der Waals surface area contributed by atoms with E-state index in [4.69, 9.17) is 9.47 Å². The van der Waals surface area contributed by atoms with Gasteiger partial charge in [-0.1, -0.05) is 0 Å². The quantitative estimate of drug-likeness (QED) is 0.587. The number of nitrogens with zero attached hydrogens (tertiary/aromatic N) is 2. The van der Waals surface area contributed by atoms with Crippen molar-refractivity contribution >= 4 is 11.6 Å². The molecule has 0 spiro atoms. The SMILES string of the molecule is COc1cc(CCNC(=O)c2ccc(=O)n(C)c2)c([N+](=O)[O-])cc1OC. The van der Waals surface area contributed by atoms with Crippen LogP contribution in [0.25, 0.3) is 0 Å². The number of amides is 1. The monoisotopic (exact) mass is 361 g/mol. The number of methoxy groups -OCH3 is 2. The Labute approximate surface area is 149 Å². The predicted octanol–water partition coefficient (Wildman–Crippen LogP) is 1.28. The number of pyridine rings is 1. The van der Waals surface area contributed by atoms with E-state index >= 15 is 0 Å². The normalized spacial score (nSPS) is 10.3. The van der Waals surface area contributed by atoms with E-state index in [1.807, 2.05) is 0 Å². The first-order valence-electron chi connectivity index (χ1n) is 7.71. The van der Waals surface area contributed by atoms with Crippen LogP contribution in [-0.4, -0.2) is 36.2 Å². The molecule has 0 aliphatic carbocycles. The molecule has 2 aromatic rings. The zero-order valence-corrected chi connectivity index (χ0v) is 14.6. The van der Waals surface area contributed by atoms with Crippen molar-refractivity contribution in [1.82, 2.24) is 9.88 Å². The van der Waals surface area contributed by atoms with Gasteiger partial charge in [0.25, 0.3) is 11.6 Å². The lowest BCUT2D eigenvalue weighted by molar-refractivity contribution is -0.385. The number of nitro benzene ring substituents is 1. The van der Waals surface area contributed by atoms with Gasteiger partial charge in [0.15, 0.2) is 11.5 Å². The Morgan fingerprint density at radius 3 is 2.46 bits per heavy atom. The first kappa shape index (κ1) is 19.0. The Morgan fingerprint density at radius 1 is 1.23 bits per heavy atom. The van der Waals surface area contributed by atoms with Crippen LogP contribution in [0.4, 0.5) is 5.69 Å². The third-order valence-corrected chi connectivity index (χ3v) is 3.81. The molecule has 0 atom stereocenters. The van der Waals surface area contributed by atoms with Crippen molar-refractivity contribution in [2.75, 3.05) is 20.8 Å². The molecule has 0 aliphatic rings. The van der Waals surface area contributed by atoms with E-state index in [1.54, 1.807) is 7.05 Å². The van der Waals surface area contributed by atoms with Gasteiger partial charge in [-0.25, -0.2) is 0 Å². The third kappa shape index (κ3) is 4.18. The summed E-state index contributed by atoms with van der Waals surface area (Å²) in [5.74, 6) is 0.262. The number of carbonyl (C=O) groups excluding carboxylic acids is 1. The molecule has 0 saturated heterocycles. The Hall–Kier alpha value is -3.36. The maximum Gasteiger partial charge on any atom is 0.276 e. The smallest absolute Gasteiger partial charge is 0.276 e. The van der Waals surface area contributed by atoms with Gasteiger partial charge >= 0.3 is 0 Å². The first-order valence-corrected chi connectivity index (χ1v) is 7.71. The van der Waals surface area contributed by atoms with E-state index in [0.717, 1.165) is 0 Å². The maximum absolute atomic E-state index is 12.1. The zero-order chi connectivity index (χ0) is 19.3. The number of rotatable bonds is 7. The number of nitrogens with one attached hydrogen (secondary N) is 1. The highest BCUT2D eigenvalue weighted by molar-refractivity contribution is 5.93. The predicted molar refractivity (Wildman–Crippen MR) is 93.9 cm³/mol. The summed E-state index contributed by atoms with van der Waals surface area (Å²) in [6, 6.07) is 5.54. The third-order valence-electron chi connectivity index (χ3n) is 3.81. The number of nitro groups is 1. The lowest BCUT2D eigenvalue weighted by atomic mass is 10.1. The summed E-state index contributed by atoms with van der Waals surface area (Å²) in [4.78, 5) is 34.2. The van der Waals surface area contributed by atoms with E-state index in [9.17, 15) is 19.7 Å². The molecule has 1 amide bonds. The molecule has 1 N–H and O–H groups in total. The van der Waals surface area contributed by atoms with Gasteiger partial charge in [-0.2, -0.15) is 0 Å². The van der Waals surface area contributed by atoms with Gasteiger partial charge in [0.2, 0.25) is 5.56 Å². The van der Waals surface area contributed by atoms with E-state index in [1.165, 1.54) is 49.2 Å². The summed E-state index contributed by atoms with van der Waals surface area (Å²) in [6.07, 6.45) is 1.66. The topological polar surface area (TPSA) is 113 Å². The molecule has 1 aromatic heterocycles. The minimum Gasteiger partial charge on any atom is -0.493 e. The lowest BCUT2D eigenvalue weighted by Crippen LogP contribution is -2.27. The average molecular weight is 361 g/mol. The fourth-order valence-corrected chi connectivity index (χ4v) is 2.42. The highest BCUT2D eigenvalue weighted by atomic mass is 16.6. The van der Waals surface area contributed by atoms with Crippen molar-refractivity contribution < 1.29 is 19.2 Å². The van der Waals surface area contributed by atoms with E-state index in [0.29, 0.717) is 16.9 Å². The number of aryl methyl sites for hydroxylation is 1. The van der Waals surface area contributed by atoms with Crippen molar-refractivity contribution in [3.63, 3.8) is 0 Å². The Morgan fingerprint density at radius 2 is 1.88 bits per heavy atom. The van der Waals surface area contributed by atoms with Gasteiger partial charge in [0.05, 0.1) is 30.8 Å². The fraction of sp³-hybridized carbons (Fsp3) is 0.294. The lowest BCUT2D eigenvalue weighted by Gasteiger charge is -2.11. The zero-order valence-electron chi connectivity index (χ0n) is 14.6. The van der Waals surface area contributed by atoms with Crippen LogP contribution in [0.3, 0.4) is 0 Å². The number of carbonyl (C=O) groups is 1. The molecular formula is C17H19N3O6. The second-order valence-corrected chi connectivity index (χ2v) is 5.47. The molecule has 0 saturated carbocycles. The standard InChI is InChI=1S/C17H19N3O6/c1-19-10-12(4-5-16(19)21)17(22)18-7-6-11-8-14(25-2)15(26-3)9-13(11)20(23)24/h4-5,8-10H,6-7H2,1-3H3,(H,18,22). The van der Waals surface area contributed by atoms with Gasteiger partial charge in [-0.05, 0) is 18.6 Å². The van der Waals surface area contributed by atoms with E-state index < -0.39 is 4.92 Å². The summed E-state index contributed by atoms with van der Waals surface area (Å²) < 4.78 is 11.5. The second kappa shape index (κ2) is 8.15. The van der Waals surface area contributed by atoms with Crippen LogP contribution in [0, 0.1) is 10.1 Å². The highest BCUT2D eigenvalue weighted by Gasteiger charge is 2.19. The van der Waals surface area contributed by atoms with Gasteiger partial charge in [-0.15, -0.1) is 0 Å². The van der Waals surface area contributed by atoms with Crippen molar-refractivity contribution in [1.29, 1.82) is 0 Å². The van der Waals surface area contributed by atoms with Crippen molar-refractivity contribution in [2.45, 2.75) is 6.42 Å². The van der Waals surface area contributed by atoms with Crippen molar-refractivity contribution in [3.05, 3.63) is 62.1 Å². The molecule has 1 aromatic carbocycles. The number of benzene rings is 1. The van der Waals surface area contributed by atoms with Crippen LogP contribution in [0.2, 0.25) is 0 Å². The molecular weight excluding hydrogens is 342 g/mol. The maximum atomic E-state index is 12.1. The summed E-state index contributed by atoms with van der Waals surface area (Å²) in [5, 5.41) is 13.9. The molecule has 9 nitrogen and oxygen atoms in total. The number of hydrogen-bond donors (Lipinski definition) is 1. The molecule has 0 aliphatic heterocycles. The van der Waals surface area contributed by atoms with Gasteiger partial charge in [-0.3, -0.25) is 19.7 Å². The second-order valence-electron chi connectivity index (χ2n) is 5.47. The van der Waals surface area contributed by atoms with Crippen LogP contribution < -0.4 is 20.3 Å². The number of hydrogen-bond acceptors (Lipinski definition) is 6. The molecule has 9 heteroatoms. The van der Waals surface area contributed by atoms with Crippen molar-refractivity contribution in [2.24, 2.45) is 7.05 Å². The van der Waals surface area contributed by atoms with Crippen LogP contribution >= 0.6 is 0 Å².